The van der Waals surface area contributed by atoms with Crippen LogP contribution < -0.4 is 16.1 Å². The summed E-state index contributed by atoms with van der Waals surface area (Å²) < 4.78 is 0.890. The summed E-state index contributed by atoms with van der Waals surface area (Å²) in [6.07, 6.45) is 3.78. The van der Waals surface area contributed by atoms with Crippen LogP contribution in [0, 0.1) is 11.8 Å². The van der Waals surface area contributed by atoms with Crippen LogP contribution in [0.3, 0.4) is 0 Å². The summed E-state index contributed by atoms with van der Waals surface area (Å²) in [5.74, 6) is 0.0639. The molecule has 1 saturated heterocycles. The van der Waals surface area contributed by atoms with Gasteiger partial charge in [-0.2, -0.15) is 5.01 Å². The number of nitrogens with one attached hydrogen (secondary N) is 3. The second-order valence-corrected chi connectivity index (χ2v) is 7.48. The van der Waals surface area contributed by atoms with Crippen molar-refractivity contribution in [3.05, 3.63) is 28.7 Å². The smallest absolute Gasteiger partial charge is 0.321 e. The Morgan fingerprint density at radius 2 is 1.71 bits per heavy atom. The molecule has 1 heterocycles. The lowest BCUT2D eigenvalue weighted by Crippen LogP contribution is -2.53. The van der Waals surface area contributed by atoms with Gasteiger partial charge in [0.2, 0.25) is 0 Å². The van der Waals surface area contributed by atoms with Crippen LogP contribution in [0.2, 0.25) is 0 Å². The van der Waals surface area contributed by atoms with E-state index in [0.29, 0.717) is 5.69 Å². The maximum absolute atomic E-state index is 12.8. The minimum atomic E-state index is -0.804. The Labute approximate surface area is 147 Å². The van der Waals surface area contributed by atoms with E-state index in [1.807, 2.05) is 0 Å². The lowest BCUT2D eigenvalue weighted by atomic mass is 9.87. The van der Waals surface area contributed by atoms with Gasteiger partial charge in [0.25, 0.3) is 5.91 Å². The predicted octanol–water partition coefficient (Wildman–Crippen LogP) is 2.60. The van der Waals surface area contributed by atoms with Crippen LogP contribution in [0.15, 0.2) is 28.7 Å². The van der Waals surface area contributed by atoms with E-state index in [0.717, 1.165) is 35.2 Å². The SMILES string of the molecule is O=C(Nc1ccc(Br)cc1)NN1C(=O)NC(C2CC2)(C2CC2)C1=O. The summed E-state index contributed by atoms with van der Waals surface area (Å²) in [6.45, 7) is 0. The van der Waals surface area contributed by atoms with Crippen molar-refractivity contribution in [2.45, 2.75) is 31.2 Å². The summed E-state index contributed by atoms with van der Waals surface area (Å²) in [6, 6.07) is 5.83. The fourth-order valence-corrected chi connectivity index (χ4v) is 3.69. The van der Waals surface area contributed by atoms with E-state index in [9.17, 15) is 14.4 Å². The van der Waals surface area contributed by atoms with Crippen LogP contribution in [0.4, 0.5) is 15.3 Å². The van der Waals surface area contributed by atoms with Gasteiger partial charge in [0, 0.05) is 10.2 Å². The van der Waals surface area contributed by atoms with Gasteiger partial charge in [-0.15, -0.1) is 0 Å². The van der Waals surface area contributed by atoms with E-state index in [2.05, 4.69) is 32.0 Å². The predicted molar refractivity (Wildman–Crippen MR) is 89.9 cm³/mol. The number of anilines is 1. The van der Waals surface area contributed by atoms with Gasteiger partial charge in [0.1, 0.15) is 5.54 Å². The van der Waals surface area contributed by atoms with Crippen molar-refractivity contribution in [3.8, 4) is 0 Å². The Bertz CT molecular complexity index is 701. The Morgan fingerprint density at radius 1 is 1.12 bits per heavy atom. The van der Waals surface area contributed by atoms with Crippen molar-refractivity contribution >= 4 is 39.6 Å². The molecule has 7 nitrogen and oxygen atoms in total. The zero-order valence-corrected chi connectivity index (χ0v) is 14.4. The zero-order chi connectivity index (χ0) is 16.9. The van der Waals surface area contributed by atoms with Crippen molar-refractivity contribution in [3.63, 3.8) is 0 Å². The first-order chi connectivity index (χ1) is 11.5. The Kier molecular flexibility index (Phi) is 3.52. The van der Waals surface area contributed by atoms with E-state index in [4.69, 9.17) is 0 Å². The number of carbonyl (C=O) groups excluding carboxylic acids is 3. The Balaban J connectivity index is 1.46. The van der Waals surface area contributed by atoms with Gasteiger partial charge in [-0.1, -0.05) is 15.9 Å². The third-order valence-electron chi connectivity index (χ3n) is 4.83. The van der Waals surface area contributed by atoms with E-state index in [1.54, 1.807) is 24.3 Å². The molecule has 0 unspecified atom stereocenters. The van der Waals surface area contributed by atoms with Crippen LogP contribution in [0.5, 0.6) is 0 Å². The fourth-order valence-electron chi connectivity index (χ4n) is 3.42. The highest BCUT2D eigenvalue weighted by Crippen LogP contribution is 2.54. The third kappa shape index (κ3) is 2.54. The average molecular weight is 393 g/mol. The summed E-state index contributed by atoms with van der Waals surface area (Å²) in [5.41, 5.74) is 2.14. The molecule has 0 aromatic heterocycles. The van der Waals surface area contributed by atoms with Crippen molar-refractivity contribution in [2.75, 3.05) is 5.32 Å². The van der Waals surface area contributed by atoms with Gasteiger partial charge in [0.05, 0.1) is 0 Å². The molecule has 1 aromatic carbocycles. The highest BCUT2D eigenvalue weighted by atomic mass is 79.9. The van der Waals surface area contributed by atoms with E-state index in [-0.39, 0.29) is 17.7 Å². The molecule has 8 heteroatoms. The van der Waals surface area contributed by atoms with Crippen LogP contribution in [-0.4, -0.2) is 28.5 Å². The molecule has 5 amide bonds. The molecule has 2 saturated carbocycles. The van der Waals surface area contributed by atoms with Crippen molar-refractivity contribution in [1.82, 2.24) is 15.8 Å². The lowest BCUT2D eigenvalue weighted by molar-refractivity contribution is -0.134. The van der Waals surface area contributed by atoms with Gasteiger partial charge in [0.15, 0.2) is 0 Å². The van der Waals surface area contributed by atoms with Crippen LogP contribution >= 0.6 is 15.9 Å². The topological polar surface area (TPSA) is 90.5 Å². The molecule has 3 N–H and O–H groups in total. The van der Waals surface area contributed by atoms with Crippen LogP contribution in [0.25, 0.3) is 0 Å². The molecule has 0 bridgehead atoms. The van der Waals surface area contributed by atoms with E-state index < -0.39 is 17.6 Å². The number of benzene rings is 1. The summed E-state index contributed by atoms with van der Waals surface area (Å²) in [5, 5.41) is 6.29. The number of hydrazine groups is 1. The molecule has 0 atom stereocenters. The highest BCUT2D eigenvalue weighted by Gasteiger charge is 2.65. The zero-order valence-electron chi connectivity index (χ0n) is 12.8. The lowest BCUT2D eigenvalue weighted by Gasteiger charge is -2.26. The minimum Gasteiger partial charge on any atom is -0.321 e. The number of hydrogen-bond donors (Lipinski definition) is 3. The van der Waals surface area contributed by atoms with Crippen LogP contribution in [0.1, 0.15) is 25.7 Å². The molecule has 1 aromatic rings. The third-order valence-corrected chi connectivity index (χ3v) is 5.36. The first kappa shape index (κ1) is 15.4. The molecule has 1 aliphatic heterocycles. The number of halogens is 1. The number of urea groups is 2. The number of hydrogen-bond acceptors (Lipinski definition) is 3. The molecule has 2 aliphatic carbocycles. The Morgan fingerprint density at radius 3 is 2.25 bits per heavy atom. The summed E-state index contributed by atoms with van der Waals surface area (Å²) >= 11 is 3.32. The molecular weight excluding hydrogens is 376 g/mol. The van der Waals surface area contributed by atoms with Gasteiger partial charge in [-0.25, -0.2) is 15.0 Å². The molecular formula is C16H17BrN4O3. The second-order valence-electron chi connectivity index (χ2n) is 6.56. The maximum Gasteiger partial charge on any atom is 0.344 e. The molecule has 3 fully saturated rings. The number of amides is 5. The number of nitrogens with zero attached hydrogens (tertiary/aromatic N) is 1. The van der Waals surface area contributed by atoms with Gasteiger partial charge in [-0.3, -0.25) is 4.79 Å². The highest BCUT2D eigenvalue weighted by molar-refractivity contribution is 9.10. The first-order valence-corrected chi connectivity index (χ1v) is 8.80. The second kappa shape index (κ2) is 5.47. The molecule has 24 heavy (non-hydrogen) atoms. The van der Waals surface area contributed by atoms with E-state index >= 15 is 0 Å². The molecule has 126 valence electrons. The van der Waals surface area contributed by atoms with Crippen molar-refractivity contribution in [2.24, 2.45) is 11.8 Å². The maximum atomic E-state index is 12.8. The molecule has 0 radical (unpaired) electrons. The number of carbonyl (C=O) groups is 3. The monoisotopic (exact) mass is 392 g/mol. The van der Waals surface area contributed by atoms with Crippen molar-refractivity contribution < 1.29 is 14.4 Å². The normalized spacial score (nSPS) is 22.3. The summed E-state index contributed by atoms with van der Waals surface area (Å²) in [7, 11) is 0. The molecule has 0 spiro atoms. The Hall–Kier alpha value is -2.09. The molecule has 4 rings (SSSR count). The molecule has 3 aliphatic rings. The van der Waals surface area contributed by atoms with Gasteiger partial charge in [-0.05, 0) is 61.8 Å². The first-order valence-electron chi connectivity index (χ1n) is 8.00. The van der Waals surface area contributed by atoms with Gasteiger partial charge >= 0.3 is 12.1 Å². The quantitative estimate of drug-likeness (QED) is 0.687. The van der Waals surface area contributed by atoms with Crippen molar-refractivity contribution in [1.29, 1.82) is 0 Å². The standard InChI is InChI=1S/C16H17BrN4O3/c17-11-5-7-12(8-6-11)18-14(23)20-21-13(22)16(9-1-2-9,10-3-4-10)19-15(21)24/h5-10H,1-4H2,(H,19,24)(H2,18,20,23). The van der Waals surface area contributed by atoms with E-state index in [1.165, 1.54) is 0 Å². The largest absolute Gasteiger partial charge is 0.344 e. The van der Waals surface area contributed by atoms with Crippen LogP contribution in [-0.2, 0) is 4.79 Å². The average Bonchev–Trinajstić information content (AvgIpc) is 3.44. The number of rotatable bonds is 4. The fraction of sp³-hybridized carbons (Fsp3) is 0.438. The summed E-state index contributed by atoms with van der Waals surface area (Å²) in [4.78, 5) is 37.2. The minimum absolute atomic E-state index is 0.197. The van der Waals surface area contributed by atoms with Gasteiger partial charge < -0.3 is 10.6 Å². The number of imide groups is 1.